The van der Waals surface area contributed by atoms with E-state index in [1.807, 2.05) is 6.08 Å². The van der Waals surface area contributed by atoms with Gasteiger partial charge in [0.2, 0.25) is 5.91 Å². The van der Waals surface area contributed by atoms with Gasteiger partial charge >= 0.3 is 5.97 Å². The van der Waals surface area contributed by atoms with Crippen LogP contribution in [-0.4, -0.2) is 34.7 Å². The summed E-state index contributed by atoms with van der Waals surface area (Å²) in [5, 5.41) is 10.2. The van der Waals surface area contributed by atoms with E-state index in [2.05, 4.69) is 6.58 Å². The minimum atomic E-state index is -1.00. The van der Waals surface area contributed by atoms with Crippen LogP contribution in [0.15, 0.2) is 49.1 Å². The lowest BCUT2D eigenvalue weighted by Crippen LogP contribution is -2.45. The zero-order chi connectivity index (χ0) is 17.1. The molecule has 4 rings (SSSR count). The minimum Gasteiger partial charge on any atom is -0.481 e. The number of fused-ring (bicyclic) bond motifs is 1. The lowest BCUT2D eigenvalue weighted by atomic mass is 9.74. The average Bonchev–Trinajstić information content (AvgIpc) is 3.18. The maximum absolute atomic E-state index is 13.1. The fourth-order valence-corrected chi connectivity index (χ4v) is 4.41. The van der Waals surface area contributed by atoms with Gasteiger partial charge in [-0.3, -0.25) is 9.59 Å². The van der Waals surface area contributed by atoms with Gasteiger partial charge in [-0.05, 0) is 30.7 Å². The molecule has 5 nitrogen and oxygen atoms in total. The van der Waals surface area contributed by atoms with Gasteiger partial charge in [-0.2, -0.15) is 0 Å². The Morgan fingerprint density at radius 1 is 1.42 bits per heavy atom. The summed E-state index contributed by atoms with van der Waals surface area (Å²) < 4.78 is 6.04. The van der Waals surface area contributed by atoms with E-state index in [4.69, 9.17) is 16.3 Å². The van der Waals surface area contributed by atoms with E-state index in [-0.39, 0.29) is 11.9 Å². The number of halogens is 1. The third-order valence-electron chi connectivity index (χ3n) is 5.20. The smallest absolute Gasteiger partial charge is 0.310 e. The molecule has 124 valence electrons. The van der Waals surface area contributed by atoms with Crippen molar-refractivity contribution in [2.45, 2.75) is 24.2 Å². The van der Waals surface area contributed by atoms with Gasteiger partial charge in [0.25, 0.3) is 0 Å². The summed E-state index contributed by atoms with van der Waals surface area (Å²) in [7, 11) is 0. The molecule has 3 aliphatic rings. The summed E-state index contributed by atoms with van der Waals surface area (Å²) in [5.74, 6) is -2.79. The van der Waals surface area contributed by atoms with E-state index in [0.717, 1.165) is 0 Å². The average molecular weight is 346 g/mol. The van der Waals surface area contributed by atoms with Crippen LogP contribution in [0.1, 0.15) is 6.42 Å². The zero-order valence-corrected chi connectivity index (χ0v) is 13.5. The van der Waals surface area contributed by atoms with E-state index in [0.29, 0.717) is 17.1 Å². The predicted molar refractivity (Wildman–Crippen MR) is 88.9 cm³/mol. The Balaban J connectivity index is 1.83. The number of carboxylic acids is 1. The van der Waals surface area contributed by atoms with Crippen molar-refractivity contribution >= 4 is 29.2 Å². The van der Waals surface area contributed by atoms with Crippen molar-refractivity contribution < 1.29 is 19.4 Å². The van der Waals surface area contributed by atoms with Crippen LogP contribution >= 0.6 is 11.6 Å². The number of benzene rings is 1. The third kappa shape index (κ3) is 1.85. The number of carbonyl (C=O) groups excluding carboxylic acids is 1. The first-order valence-corrected chi connectivity index (χ1v) is 8.17. The number of hydrogen-bond acceptors (Lipinski definition) is 3. The number of rotatable bonds is 4. The molecular formula is C18H16ClNO4. The normalized spacial score (nSPS) is 36.2. The maximum Gasteiger partial charge on any atom is 0.310 e. The number of aliphatic carboxylic acids is 1. The Morgan fingerprint density at radius 2 is 2.12 bits per heavy atom. The number of anilines is 1. The van der Waals surface area contributed by atoms with Gasteiger partial charge in [0.1, 0.15) is 11.5 Å². The molecule has 3 aliphatic heterocycles. The first-order valence-electron chi connectivity index (χ1n) is 7.79. The topological polar surface area (TPSA) is 66.8 Å². The molecule has 6 heteroatoms. The Kier molecular flexibility index (Phi) is 3.34. The summed E-state index contributed by atoms with van der Waals surface area (Å²) in [6.07, 6.45) is 5.33. The molecule has 1 aromatic rings. The van der Waals surface area contributed by atoms with Crippen molar-refractivity contribution in [1.82, 2.24) is 0 Å². The van der Waals surface area contributed by atoms with Gasteiger partial charge in [0, 0.05) is 10.7 Å². The number of ether oxygens (including phenoxy) is 1. The molecule has 3 heterocycles. The van der Waals surface area contributed by atoms with Crippen molar-refractivity contribution in [3.8, 4) is 0 Å². The molecule has 5 atom stereocenters. The van der Waals surface area contributed by atoms with Crippen molar-refractivity contribution in [3.05, 3.63) is 54.1 Å². The summed E-state index contributed by atoms with van der Waals surface area (Å²) in [6, 6.07) is 6.63. The molecule has 1 spiro atoms. The largest absolute Gasteiger partial charge is 0.481 e. The number of carbonyl (C=O) groups is 2. The molecule has 1 N–H and O–H groups in total. The van der Waals surface area contributed by atoms with Crippen LogP contribution in [0.25, 0.3) is 0 Å². The number of amides is 1. The maximum atomic E-state index is 13.1. The standard InChI is InChI=1S/C18H16ClNO4/c1-2-3-13-18-9-8-12(24-18)14(17(22)23)15(18)16(21)20(13)11-6-4-10(19)5-7-11/h2,4-9,12-15H,1,3H2,(H,22,23)/t12-,13+,14-,15-,18-/m1/s1. The Bertz CT molecular complexity index is 759. The van der Waals surface area contributed by atoms with Crippen LogP contribution in [0.4, 0.5) is 5.69 Å². The monoisotopic (exact) mass is 345 g/mol. The minimum absolute atomic E-state index is 0.219. The molecular weight excluding hydrogens is 330 g/mol. The second-order valence-electron chi connectivity index (χ2n) is 6.36. The molecule has 2 saturated heterocycles. The van der Waals surface area contributed by atoms with Crippen LogP contribution in [0.3, 0.4) is 0 Å². The van der Waals surface area contributed by atoms with Gasteiger partial charge in [-0.1, -0.05) is 29.8 Å². The Labute approximate surface area is 144 Å². The SMILES string of the molecule is C=CC[C@@H]1N(c2ccc(Cl)cc2)C(=O)[C@H]2[C@H](C(=O)O)[C@H]3C=C[C@@]12O3. The zero-order valence-electron chi connectivity index (χ0n) is 12.8. The van der Waals surface area contributed by atoms with Gasteiger partial charge in [-0.25, -0.2) is 0 Å². The van der Waals surface area contributed by atoms with Crippen LogP contribution in [-0.2, 0) is 14.3 Å². The second-order valence-corrected chi connectivity index (χ2v) is 6.80. The fraction of sp³-hybridized carbons (Fsp3) is 0.333. The van der Waals surface area contributed by atoms with Crippen LogP contribution in [0.5, 0.6) is 0 Å². The predicted octanol–water partition coefficient (Wildman–Crippen LogP) is 2.66. The van der Waals surface area contributed by atoms with Gasteiger partial charge in [0.05, 0.1) is 18.1 Å². The van der Waals surface area contributed by atoms with Crippen LogP contribution in [0, 0.1) is 11.8 Å². The van der Waals surface area contributed by atoms with Crippen LogP contribution < -0.4 is 4.90 Å². The molecule has 2 bridgehead atoms. The van der Waals surface area contributed by atoms with E-state index in [9.17, 15) is 14.7 Å². The summed E-state index contributed by atoms with van der Waals surface area (Å²) in [4.78, 5) is 26.5. The first-order chi connectivity index (χ1) is 11.5. The van der Waals surface area contributed by atoms with E-state index < -0.39 is 29.5 Å². The number of hydrogen-bond donors (Lipinski definition) is 1. The highest BCUT2D eigenvalue weighted by atomic mass is 35.5. The van der Waals surface area contributed by atoms with E-state index in [1.54, 1.807) is 41.3 Å². The highest BCUT2D eigenvalue weighted by Gasteiger charge is 2.71. The molecule has 0 aliphatic carbocycles. The lowest BCUT2D eigenvalue weighted by molar-refractivity contribution is -0.146. The molecule has 1 amide bonds. The van der Waals surface area contributed by atoms with Crippen molar-refractivity contribution in [2.24, 2.45) is 11.8 Å². The van der Waals surface area contributed by atoms with Crippen molar-refractivity contribution in [2.75, 3.05) is 4.90 Å². The lowest BCUT2D eigenvalue weighted by Gasteiger charge is -2.32. The molecule has 24 heavy (non-hydrogen) atoms. The molecule has 0 aromatic heterocycles. The van der Waals surface area contributed by atoms with Gasteiger partial charge in [0.15, 0.2) is 0 Å². The third-order valence-corrected chi connectivity index (χ3v) is 5.45. The summed E-state index contributed by atoms with van der Waals surface area (Å²) >= 11 is 5.94. The Morgan fingerprint density at radius 3 is 2.75 bits per heavy atom. The summed E-state index contributed by atoms with van der Waals surface area (Å²) in [6.45, 7) is 3.78. The molecule has 0 radical (unpaired) electrons. The number of nitrogens with zero attached hydrogens (tertiary/aromatic N) is 1. The highest BCUT2D eigenvalue weighted by Crippen LogP contribution is 2.56. The molecule has 2 fully saturated rings. The Hall–Kier alpha value is -2.11. The molecule has 0 saturated carbocycles. The van der Waals surface area contributed by atoms with Gasteiger partial charge < -0.3 is 14.7 Å². The molecule has 1 aromatic carbocycles. The summed E-state index contributed by atoms with van der Waals surface area (Å²) in [5.41, 5.74) is -0.219. The first kappa shape index (κ1) is 15.4. The second kappa shape index (κ2) is 5.19. The fourth-order valence-electron chi connectivity index (χ4n) is 4.29. The van der Waals surface area contributed by atoms with Crippen molar-refractivity contribution in [1.29, 1.82) is 0 Å². The van der Waals surface area contributed by atoms with Crippen molar-refractivity contribution in [3.63, 3.8) is 0 Å². The van der Waals surface area contributed by atoms with Gasteiger partial charge in [-0.15, -0.1) is 6.58 Å². The highest BCUT2D eigenvalue weighted by molar-refractivity contribution is 6.30. The number of carboxylic acid groups (broad SMARTS) is 1. The molecule has 0 unspecified atom stereocenters. The van der Waals surface area contributed by atoms with E-state index in [1.165, 1.54) is 0 Å². The van der Waals surface area contributed by atoms with Crippen LogP contribution in [0.2, 0.25) is 5.02 Å². The quantitative estimate of drug-likeness (QED) is 0.852. The van der Waals surface area contributed by atoms with E-state index >= 15 is 0 Å².